The van der Waals surface area contributed by atoms with Crippen LogP contribution in [-0.4, -0.2) is 48.2 Å². The van der Waals surface area contributed by atoms with Crippen LogP contribution < -0.4 is 0 Å². The van der Waals surface area contributed by atoms with Crippen LogP contribution in [0.15, 0.2) is 0 Å². The summed E-state index contributed by atoms with van der Waals surface area (Å²) in [7, 11) is 0. The molecule has 0 saturated carbocycles. The molecule has 2 fully saturated rings. The largest absolute Gasteiger partial charge is 0.370 e. The van der Waals surface area contributed by atoms with Gasteiger partial charge in [-0.1, -0.05) is 0 Å². The van der Waals surface area contributed by atoms with Crippen LogP contribution in [0.2, 0.25) is 0 Å². The molecule has 0 spiro atoms. The van der Waals surface area contributed by atoms with Crippen LogP contribution in [0.5, 0.6) is 0 Å². The van der Waals surface area contributed by atoms with E-state index in [2.05, 4.69) is 0 Å². The van der Waals surface area contributed by atoms with Gasteiger partial charge >= 0.3 is 0 Å². The van der Waals surface area contributed by atoms with Crippen LogP contribution in [0.4, 0.5) is 0 Å². The van der Waals surface area contributed by atoms with Crippen molar-refractivity contribution in [3.63, 3.8) is 0 Å². The summed E-state index contributed by atoms with van der Waals surface area (Å²) < 4.78 is 15.5. The predicted octanol–water partition coefficient (Wildman–Crippen LogP) is 0.001000. The average molecular weight is 218 g/mol. The summed E-state index contributed by atoms with van der Waals surface area (Å²) in [5, 5.41) is 19.6. The Hall–Kier alpha value is -0.200. The second-order valence-electron chi connectivity index (χ2n) is 4.29. The van der Waals surface area contributed by atoms with Crippen molar-refractivity contribution in [1.82, 2.24) is 0 Å². The highest BCUT2D eigenvalue weighted by Crippen LogP contribution is 2.26. The molecule has 0 bridgehead atoms. The molecule has 2 N–H and O–H groups in total. The van der Waals surface area contributed by atoms with Gasteiger partial charge in [-0.3, -0.25) is 0 Å². The molecular weight excluding hydrogens is 200 g/mol. The lowest BCUT2D eigenvalue weighted by Crippen LogP contribution is -2.38. The Morgan fingerprint density at radius 3 is 1.73 bits per heavy atom. The van der Waals surface area contributed by atoms with Crippen molar-refractivity contribution >= 4 is 0 Å². The molecule has 0 radical (unpaired) electrons. The van der Waals surface area contributed by atoms with E-state index in [-0.39, 0.29) is 13.2 Å². The minimum Gasteiger partial charge on any atom is -0.370 e. The maximum absolute atomic E-state index is 9.78. The van der Waals surface area contributed by atoms with Gasteiger partial charge in [-0.2, -0.15) is 0 Å². The third-order valence-corrected chi connectivity index (χ3v) is 2.82. The molecule has 88 valence electrons. The zero-order valence-corrected chi connectivity index (χ0v) is 8.78. The summed E-state index contributed by atoms with van der Waals surface area (Å²) >= 11 is 0. The first-order valence-corrected chi connectivity index (χ1v) is 5.42. The highest BCUT2D eigenvalue weighted by Gasteiger charge is 2.36. The standard InChI is InChI=1S/C10H18O5/c11-9(3-1-5-14-9)7-13-8-10(12)4-2-6-15-10/h11-12H,1-8H2/t9-,10-/m0/s1. The first-order valence-electron chi connectivity index (χ1n) is 5.42. The Balaban J connectivity index is 1.69. The predicted molar refractivity (Wildman–Crippen MR) is 51.1 cm³/mol. The van der Waals surface area contributed by atoms with Gasteiger partial charge in [-0.05, 0) is 12.8 Å². The maximum atomic E-state index is 9.78. The van der Waals surface area contributed by atoms with Crippen molar-refractivity contribution in [3.05, 3.63) is 0 Å². The molecule has 2 saturated heterocycles. The molecule has 0 amide bonds. The molecule has 2 aliphatic heterocycles. The Morgan fingerprint density at radius 1 is 0.933 bits per heavy atom. The summed E-state index contributed by atoms with van der Waals surface area (Å²) in [5.41, 5.74) is 0. The Bertz CT molecular complexity index is 184. The number of ether oxygens (including phenoxy) is 3. The van der Waals surface area contributed by atoms with Crippen molar-refractivity contribution in [2.45, 2.75) is 37.3 Å². The third kappa shape index (κ3) is 2.89. The van der Waals surface area contributed by atoms with E-state index in [9.17, 15) is 10.2 Å². The van der Waals surface area contributed by atoms with Gasteiger partial charge in [0.15, 0.2) is 11.6 Å². The zero-order chi connectivity index (χ0) is 10.8. The van der Waals surface area contributed by atoms with Crippen LogP contribution in [0.25, 0.3) is 0 Å². The Kier molecular flexibility index (Phi) is 3.27. The second-order valence-corrected chi connectivity index (χ2v) is 4.29. The summed E-state index contributed by atoms with van der Waals surface area (Å²) in [5.74, 6) is -2.32. The topological polar surface area (TPSA) is 68.2 Å². The van der Waals surface area contributed by atoms with E-state index in [0.29, 0.717) is 26.1 Å². The van der Waals surface area contributed by atoms with Crippen molar-refractivity contribution in [2.24, 2.45) is 0 Å². The summed E-state index contributed by atoms with van der Waals surface area (Å²) in [6, 6.07) is 0. The number of hydrogen-bond donors (Lipinski definition) is 2. The van der Waals surface area contributed by atoms with Crippen LogP contribution in [0.3, 0.4) is 0 Å². The van der Waals surface area contributed by atoms with Crippen molar-refractivity contribution in [2.75, 3.05) is 26.4 Å². The third-order valence-electron chi connectivity index (χ3n) is 2.82. The first-order chi connectivity index (χ1) is 7.12. The summed E-state index contributed by atoms with van der Waals surface area (Å²) in [6.45, 7) is 1.33. The van der Waals surface area contributed by atoms with Crippen LogP contribution in [0.1, 0.15) is 25.7 Å². The molecule has 0 aromatic heterocycles. The van der Waals surface area contributed by atoms with Crippen molar-refractivity contribution < 1.29 is 24.4 Å². The maximum Gasteiger partial charge on any atom is 0.189 e. The van der Waals surface area contributed by atoms with E-state index in [1.807, 2.05) is 0 Å². The Morgan fingerprint density at radius 2 is 1.40 bits per heavy atom. The smallest absolute Gasteiger partial charge is 0.189 e. The number of hydrogen-bond acceptors (Lipinski definition) is 5. The van der Waals surface area contributed by atoms with Gasteiger partial charge in [0.05, 0.1) is 13.2 Å². The molecule has 0 unspecified atom stereocenters. The summed E-state index contributed by atoms with van der Waals surface area (Å²) in [6.07, 6.45) is 2.87. The van der Waals surface area contributed by atoms with Gasteiger partial charge < -0.3 is 24.4 Å². The molecule has 0 aromatic carbocycles. The lowest BCUT2D eigenvalue weighted by molar-refractivity contribution is -0.243. The average Bonchev–Trinajstić information content (AvgIpc) is 2.76. The molecule has 2 rings (SSSR count). The summed E-state index contributed by atoms with van der Waals surface area (Å²) in [4.78, 5) is 0. The van der Waals surface area contributed by atoms with Gasteiger partial charge in [0.2, 0.25) is 0 Å². The SMILES string of the molecule is O[C@@]1(COC[C@]2(O)CCCO2)CCCO1. The molecule has 2 atom stereocenters. The van der Waals surface area contributed by atoms with Crippen molar-refractivity contribution in [3.8, 4) is 0 Å². The minimum atomic E-state index is -1.16. The first kappa shape index (κ1) is 11.3. The molecule has 5 heteroatoms. The second kappa shape index (κ2) is 4.35. The zero-order valence-electron chi connectivity index (χ0n) is 8.78. The monoisotopic (exact) mass is 218 g/mol. The van der Waals surface area contributed by atoms with Gasteiger partial charge in [0.1, 0.15) is 13.2 Å². The van der Waals surface area contributed by atoms with Crippen molar-refractivity contribution in [1.29, 1.82) is 0 Å². The molecular formula is C10H18O5. The molecule has 2 aliphatic rings. The van der Waals surface area contributed by atoms with E-state index in [4.69, 9.17) is 14.2 Å². The van der Waals surface area contributed by atoms with E-state index in [1.54, 1.807) is 0 Å². The molecule has 0 aromatic rings. The lowest BCUT2D eigenvalue weighted by atomic mass is 10.2. The fraction of sp³-hybridized carbons (Fsp3) is 1.00. The van der Waals surface area contributed by atoms with Crippen LogP contribution in [0, 0.1) is 0 Å². The van der Waals surface area contributed by atoms with Gasteiger partial charge in [-0.25, -0.2) is 0 Å². The molecule has 0 aliphatic carbocycles. The normalized spacial score (nSPS) is 41.2. The Labute approximate surface area is 88.9 Å². The van der Waals surface area contributed by atoms with E-state index in [0.717, 1.165) is 12.8 Å². The number of rotatable bonds is 4. The molecule has 2 heterocycles. The molecule has 5 nitrogen and oxygen atoms in total. The van der Waals surface area contributed by atoms with Gasteiger partial charge in [0.25, 0.3) is 0 Å². The van der Waals surface area contributed by atoms with Gasteiger partial charge in [0, 0.05) is 12.8 Å². The minimum absolute atomic E-state index is 0.0959. The quantitative estimate of drug-likeness (QED) is 0.695. The van der Waals surface area contributed by atoms with Crippen LogP contribution in [-0.2, 0) is 14.2 Å². The van der Waals surface area contributed by atoms with Gasteiger partial charge in [-0.15, -0.1) is 0 Å². The fourth-order valence-corrected chi connectivity index (χ4v) is 1.96. The number of aliphatic hydroxyl groups is 2. The van der Waals surface area contributed by atoms with E-state index in [1.165, 1.54) is 0 Å². The van der Waals surface area contributed by atoms with E-state index >= 15 is 0 Å². The molecule has 15 heavy (non-hydrogen) atoms. The highest BCUT2D eigenvalue weighted by atomic mass is 16.7. The van der Waals surface area contributed by atoms with Crippen LogP contribution >= 0.6 is 0 Å². The van der Waals surface area contributed by atoms with E-state index < -0.39 is 11.6 Å². The lowest BCUT2D eigenvalue weighted by Gasteiger charge is -2.25. The fourth-order valence-electron chi connectivity index (χ4n) is 1.96. The highest BCUT2D eigenvalue weighted by molar-refractivity contribution is 4.75.